The first-order chi connectivity index (χ1) is 8.50. The summed E-state index contributed by atoms with van der Waals surface area (Å²) in [6.45, 7) is 6.42. The smallest absolute Gasteiger partial charge is 0.303 e. The first-order valence-corrected chi connectivity index (χ1v) is 6.72. The summed E-state index contributed by atoms with van der Waals surface area (Å²) in [7, 11) is 0. The molecule has 0 bridgehead atoms. The van der Waals surface area contributed by atoms with E-state index in [1.54, 1.807) is 4.90 Å². The molecule has 2 N–H and O–H groups in total. The van der Waals surface area contributed by atoms with Gasteiger partial charge in [-0.25, -0.2) is 0 Å². The van der Waals surface area contributed by atoms with Gasteiger partial charge in [-0.05, 0) is 45.7 Å². The van der Waals surface area contributed by atoms with Gasteiger partial charge >= 0.3 is 5.97 Å². The standard InChI is InChI=1S/C13H24N2O3/c1-10(2)15(7-3-4-13(17)18)12(16)8-11-5-6-14-9-11/h10-11,14H,3-9H2,1-2H3,(H,17,18). The Bertz CT molecular complexity index is 286. The molecule has 104 valence electrons. The molecular formula is C13H24N2O3. The van der Waals surface area contributed by atoms with Crippen LogP contribution >= 0.6 is 0 Å². The molecule has 1 heterocycles. The topological polar surface area (TPSA) is 69.6 Å². The van der Waals surface area contributed by atoms with E-state index >= 15 is 0 Å². The molecule has 0 aromatic carbocycles. The summed E-state index contributed by atoms with van der Waals surface area (Å²) in [6, 6.07) is 0.139. The number of nitrogens with zero attached hydrogens (tertiary/aromatic N) is 1. The van der Waals surface area contributed by atoms with E-state index in [2.05, 4.69) is 5.32 Å². The molecule has 1 atom stereocenters. The van der Waals surface area contributed by atoms with E-state index in [4.69, 9.17) is 5.11 Å². The molecule has 0 radical (unpaired) electrons. The van der Waals surface area contributed by atoms with Crippen molar-refractivity contribution in [3.63, 3.8) is 0 Å². The first-order valence-electron chi connectivity index (χ1n) is 6.72. The lowest BCUT2D eigenvalue weighted by atomic mass is 10.0. The lowest BCUT2D eigenvalue weighted by Gasteiger charge is -2.27. The van der Waals surface area contributed by atoms with Gasteiger partial charge in [-0.3, -0.25) is 9.59 Å². The van der Waals surface area contributed by atoms with Crippen LogP contribution in [0.2, 0.25) is 0 Å². The van der Waals surface area contributed by atoms with Gasteiger partial charge in [0, 0.05) is 25.4 Å². The summed E-state index contributed by atoms with van der Waals surface area (Å²) in [5.74, 6) is -0.200. The highest BCUT2D eigenvalue weighted by atomic mass is 16.4. The molecular weight excluding hydrogens is 232 g/mol. The molecule has 1 fully saturated rings. The zero-order chi connectivity index (χ0) is 13.5. The van der Waals surface area contributed by atoms with Crippen molar-refractivity contribution in [2.75, 3.05) is 19.6 Å². The molecule has 0 aromatic heterocycles. The number of aliphatic carboxylic acids is 1. The average Bonchev–Trinajstić information content (AvgIpc) is 2.75. The fourth-order valence-electron chi connectivity index (χ4n) is 2.32. The molecule has 1 rings (SSSR count). The predicted molar refractivity (Wildman–Crippen MR) is 69.3 cm³/mol. The first kappa shape index (κ1) is 15.0. The number of carbonyl (C=O) groups excluding carboxylic acids is 1. The van der Waals surface area contributed by atoms with Crippen molar-refractivity contribution in [1.82, 2.24) is 10.2 Å². The third-order valence-electron chi connectivity index (χ3n) is 3.36. The van der Waals surface area contributed by atoms with Crippen LogP contribution in [0.25, 0.3) is 0 Å². The summed E-state index contributed by atoms with van der Waals surface area (Å²) in [5, 5.41) is 11.9. The highest BCUT2D eigenvalue weighted by Gasteiger charge is 2.23. The molecule has 0 saturated carbocycles. The summed E-state index contributed by atoms with van der Waals surface area (Å²) in [5.41, 5.74) is 0. The maximum atomic E-state index is 12.2. The van der Waals surface area contributed by atoms with Gasteiger partial charge in [-0.1, -0.05) is 0 Å². The predicted octanol–water partition coefficient (Wildman–Crippen LogP) is 1.09. The zero-order valence-electron chi connectivity index (χ0n) is 11.3. The fourth-order valence-corrected chi connectivity index (χ4v) is 2.32. The molecule has 18 heavy (non-hydrogen) atoms. The minimum atomic E-state index is -0.800. The SMILES string of the molecule is CC(C)N(CCCC(=O)O)C(=O)CC1CCNC1. The number of amides is 1. The van der Waals surface area contributed by atoms with Crippen LogP contribution in [0.4, 0.5) is 0 Å². The van der Waals surface area contributed by atoms with Crippen molar-refractivity contribution in [2.45, 2.75) is 45.6 Å². The molecule has 1 amide bonds. The molecule has 0 aliphatic carbocycles. The van der Waals surface area contributed by atoms with Gasteiger partial charge in [0.2, 0.25) is 5.91 Å². The van der Waals surface area contributed by atoms with Crippen molar-refractivity contribution in [3.8, 4) is 0 Å². The largest absolute Gasteiger partial charge is 0.481 e. The van der Waals surface area contributed by atoms with Crippen molar-refractivity contribution < 1.29 is 14.7 Å². The molecule has 5 heteroatoms. The third-order valence-corrected chi connectivity index (χ3v) is 3.36. The Labute approximate surface area is 109 Å². The van der Waals surface area contributed by atoms with Crippen LogP contribution in [0.1, 0.15) is 39.5 Å². The Morgan fingerprint density at radius 3 is 2.67 bits per heavy atom. The Hall–Kier alpha value is -1.10. The number of carboxylic acids is 1. The normalized spacial score (nSPS) is 19.2. The van der Waals surface area contributed by atoms with Crippen LogP contribution < -0.4 is 5.32 Å². The summed E-state index contributed by atoms with van der Waals surface area (Å²) < 4.78 is 0. The summed E-state index contributed by atoms with van der Waals surface area (Å²) >= 11 is 0. The lowest BCUT2D eigenvalue weighted by Crippen LogP contribution is -2.39. The van der Waals surface area contributed by atoms with E-state index in [-0.39, 0.29) is 18.4 Å². The highest BCUT2D eigenvalue weighted by Crippen LogP contribution is 2.15. The van der Waals surface area contributed by atoms with E-state index in [0.29, 0.717) is 25.3 Å². The van der Waals surface area contributed by atoms with Crippen molar-refractivity contribution in [3.05, 3.63) is 0 Å². The minimum Gasteiger partial charge on any atom is -0.481 e. The van der Waals surface area contributed by atoms with Crippen LogP contribution in [0.15, 0.2) is 0 Å². The molecule has 0 spiro atoms. The van der Waals surface area contributed by atoms with Gasteiger partial charge in [0.25, 0.3) is 0 Å². The third kappa shape index (κ3) is 5.04. The average molecular weight is 256 g/mol. The van der Waals surface area contributed by atoms with Crippen molar-refractivity contribution in [1.29, 1.82) is 0 Å². The second-order valence-corrected chi connectivity index (χ2v) is 5.24. The maximum absolute atomic E-state index is 12.2. The molecule has 1 aliphatic heterocycles. The van der Waals surface area contributed by atoms with Crippen molar-refractivity contribution >= 4 is 11.9 Å². The second-order valence-electron chi connectivity index (χ2n) is 5.24. The van der Waals surface area contributed by atoms with E-state index in [1.165, 1.54) is 0 Å². The molecule has 0 aromatic rings. The van der Waals surface area contributed by atoms with E-state index in [0.717, 1.165) is 19.5 Å². The monoisotopic (exact) mass is 256 g/mol. The number of hydrogen-bond acceptors (Lipinski definition) is 3. The van der Waals surface area contributed by atoms with Gasteiger partial charge in [0.1, 0.15) is 0 Å². The maximum Gasteiger partial charge on any atom is 0.303 e. The number of rotatable bonds is 7. The Balaban J connectivity index is 2.39. The number of nitrogens with one attached hydrogen (secondary N) is 1. The summed E-state index contributed by atoms with van der Waals surface area (Å²) in [4.78, 5) is 24.5. The lowest BCUT2D eigenvalue weighted by molar-refractivity contribution is -0.138. The number of carbonyl (C=O) groups is 2. The quantitative estimate of drug-likeness (QED) is 0.715. The van der Waals surface area contributed by atoms with E-state index in [1.807, 2.05) is 13.8 Å². The van der Waals surface area contributed by atoms with E-state index < -0.39 is 5.97 Å². The Kier molecular flexibility index (Phi) is 6.12. The molecule has 1 unspecified atom stereocenters. The van der Waals surface area contributed by atoms with Gasteiger partial charge in [0.15, 0.2) is 0 Å². The Morgan fingerprint density at radius 1 is 1.44 bits per heavy atom. The minimum absolute atomic E-state index is 0.126. The second kappa shape index (κ2) is 7.36. The van der Waals surface area contributed by atoms with Crippen LogP contribution in [0, 0.1) is 5.92 Å². The van der Waals surface area contributed by atoms with Crippen LogP contribution in [-0.2, 0) is 9.59 Å². The van der Waals surface area contributed by atoms with Crippen LogP contribution in [0.3, 0.4) is 0 Å². The van der Waals surface area contributed by atoms with Crippen LogP contribution in [0.5, 0.6) is 0 Å². The van der Waals surface area contributed by atoms with Crippen LogP contribution in [-0.4, -0.2) is 47.6 Å². The summed E-state index contributed by atoms with van der Waals surface area (Å²) in [6.07, 6.45) is 2.30. The highest BCUT2D eigenvalue weighted by molar-refractivity contribution is 5.77. The Morgan fingerprint density at radius 2 is 2.17 bits per heavy atom. The van der Waals surface area contributed by atoms with Gasteiger partial charge in [-0.15, -0.1) is 0 Å². The molecule has 1 saturated heterocycles. The van der Waals surface area contributed by atoms with Crippen molar-refractivity contribution in [2.24, 2.45) is 5.92 Å². The molecule has 1 aliphatic rings. The number of hydrogen-bond donors (Lipinski definition) is 2. The van der Waals surface area contributed by atoms with Gasteiger partial charge < -0.3 is 15.3 Å². The fraction of sp³-hybridized carbons (Fsp3) is 0.846. The molecule has 5 nitrogen and oxygen atoms in total. The van der Waals surface area contributed by atoms with Gasteiger partial charge in [0.05, 0.1) is 0 Å². The van der Waals surface area contributed by atoms with Gasteiger partial charge in [-0.2, -0.15) is 0 Å². The zero-order valence-corrected chi connectivity index (χ0v) is 11.3. The number of carboxylic acid groups (broad SMARTS) is 1. The van der Waals surface area contributed by atoms with E-state index in [9.17, 15) is 9.59 Å².